The predicted octanol–water partition coefficient (Wildman–Crippen LogP) is 8.82. The number of nitrogens with zero attached hydrogens (tertiary/aromatic N) is 1. The average molecular weight is 360 g/mol. The summed E-state index contributed by atoms with van der Waals surface area (Å²) in [5.74, 6) is 1.94. The van der Waals surface area contributed by atoms with Crippen molar-refractivity contribution in [2.45, 2.75) is 128 Å². The van der Waals surface area contributed by atoms with Crippen molar-refractivity contribution >= 4 is 0 Å². The number of piperidine rings is 1. The van der Waals surface area contributed by atoms with Gasteiger partial charge in [0.1, 0.15) is 0 Å². The lowest BCUT2D eigenvalue weighted by atomic mass is 9.99. The second kappa shape index (κ2) is 31.7. The van der Waals surface area contributed by atoms with E-state index in [0.717, 1.165) is 11.8 Å². The zero-order chi connectivity index (χ0) is 20.5. The standard InChI is InChI=1S/C8H17N.C8H18.C4H10.2C2H6/c1-3-9-6-4-8(2)5-7-9;1-4-6-8(3)7-5-2;1-3-4-2;2*1-2/h8H,3-7H2,1-2H3;8H,4-7H2,1-3H3;3-4H2,1-2H3;2*1-2H3. The summed E-state index contributed by atoms with van der Waals surface area (Å²) in [6.07, 6.45) is 11.0. The summed E-state index contributed by atoms with van der Waals surface area (Å²) in [5, 5.41) is 0. The van der Waals surface area contributed by atoms with Crippen LogP contribution in [0.4, 0.5) is 0 Å². The Hall–Kier alpha value is -0.0400. The number of unbranched alkanes of at least 4 members (excludes halogenated alkanes) is 1. The largest absolute Gasteiger partial charge is 0.304 e. The van der Waals surface area contributed by atoms with E-state index in [-0.39, 0.29) is 0 Å². The molecule has 1 heterocycles. The molecule has 1 aliphatic rings. The van der Waals surface area contributed by atoms with Gasteiger partial charge in [0.2, 0.25) is 0 Å². The highest BCUT2D eigenvalue weighted by atomic mass is 15.1. The molecule has 0 aromatic heterocycles. The minimum atomic E-state index is 0.963. The van der Waals surface area contributed by atoms with Crippen LogP contribution in [-0.2, 0) is 0 Å². The van der Waals surface area contributed by atoms with Crippen LogP contribution in [0.5, 0.6) is 0 Å². The van der Waals surface area contributed by atoms with E-state index in [9.17, 15) is 0 Å². The zero-order valence-corrected chi connectivity index (χ0v) is 20.4. The van der Waals surface area contributed by atoms with Crippen LogP contribution in [0.2, 0.25) is 0 Å². The van der Waals surface area contributed by atoms with Crippen molar-refractivity contribution in [3.8, 4) is 0 Å². The molecule has 0 aliphatic carbocycles. The van der Waals surface area contributed by atoms with E-state index in [1.165, 1.54) is 71.0 Å². The van der Waals surface area contributed by atoms with Crippen LogP contribution in [0.15, 0.2) is 0 Å². The summed E-state index contributed by atoms with van der Waals surface area (Å²) < 4.78 is 0. The highest BCUT2D eigenvalue weighted by Gasteiger charge is 2.12. The molecule has 0 bridgehead atoms. The first kappa shape index (κ1) is 32.6. The van der Waals surface area contributed by atoms with Crippen molar-refractivity contribution < 1.29 is 0 Å². The maximum absolute atomic E-state index is 2.53. The average Bonchev–Trinajstić information content (AvgIpc) is 2.67. The summed E-state index contributed by atoms with van der Waals surface area (Å²) in [7, 11) is 0. The van der Waals surface area contributed by atoms with Crippen LogP contribution in [0, 0.1) is 11.8 Å². The van der Waals surface area contributed by atoms with Crippen LogP contribution < -0.4 is 0 Å². The Morgan fingerprint density at radius 1 is 0.720 bits per heavy atom. The topological polar surface area (TPSA) is 3.24 Å². The third-order valence-electron chi connectivity index (χ3n) is 4.39. The minimum absolute atomic E-state index is 0.963. The fraction of sp³-hybridized carbons (Fsp3) is 1.00. The summed E-state index contributed by atoms with van der Waals surface area (Å²) in [6, 6.07) is 0. The smallest absolute Gasteiger partial charge is 0.00163 e. The molecular formula is C24H57N. The van der Waals surface area contributed by atoms with Gasteiger partial charge in [-0.25, -0.2) is 0 Å². The Morgan fingerprint density at radius 3 is 1.32 bits per heavy atom. The lowest BCUT2D eigenvalue weighted by molar-refractivity contribution is 0.201. The number of rotatable bonds is 6. The summed E-state index contributed by atoms with van der Waals surface area (Å²) in [6.45, 7) is 27.7. The van der Waals surface area contributed by atoms with E-state index in [4.69, 9.17) is 0 Å². The van der Waals surface area contributed by atoms with Gasteiger partial charge in [0.25, 0.3) is 0 Å². The van der Waals surface area contributed by atoms with Crippen LogP contribution in [0.3, 0.4) is 0 Å². The molecule has 1 heteroatoms. The molecule has 0 radical (unpaired) electrons. The zero-order valence-electron chi connectivity index (χ0n) is 20.4. The van der Waals surface area contributed by atoms with Gasteiger partial charge in [0.15, 0.2) is 0 Å². The third-order valence-corrected chi connectivity index (χ3v) is 4.39. The summed E-state index contributed by atoms with van der Waals surface area (Å²) in [4.78, 5) is 2.53. The van der Waals surface area contributed by atoms with Gasteiger partial charge in [0.05, 0.1) is 0 Å². The molecule has 1 rings (SSSR count). The molecule has 0 aromatic carbocycles. The number of likely N-dealkylation sites (tertiary alicyclic amines) is 1. The van der Waals surface area contributed by atoms with E-state index in [1.807, 2.05) is 27.7 Å². The lowest BCUT2D eigenvalue weighted by Crippen LogP contribution is -2.32. The Bertz CT molecular complexity index is 163. The quantitative estimate of drug-likeness (QED) is 0.458. The van der Waals surface area contributed by atoms with Gasteiger partial charge in [0, 0.05) is 0 Å². The molecule has 0 aromatic rings. The first-order valence-electron chi connectivity index (χ1n) is 11.8. The van der Waals surface area contributed by atoms with E-state index in [2.05, 4.69) is 53.4 Å². The Labute approximate surface area is 164 Å². The molecule has 1 nitrogen and oxygen atoms in total. The Morgan fingerprint density at radius 2 is 1.08 bits per heavy atom. The van der Waals surface area contributed by atoms with Crippen LogP contribution in [0.25, 0.3) is 0 Å². The van der Waals surface area contributed by atoms with Crippen LogP contribution in [0.1, 0.15) is 128 Å². The van der Waals surface area contributed by atoms with Crippen molar-refractivity contribution in [1.82, 2.24) is 4.90 Å². The molecule has 1 saturated heterocycles. The molecule has 0 saturated carbocycles. The molecular weight excluding hydrogens is 302 g/mol. The second-order valence-electron chi connectivity index (χ2n) is 6.80. The van der Waals surface area contributed by atoms with E-state index < -0.39 is 0 Å². The minimum Gasteiger partial charge on any atom is -0.304 e. The lowest BCUT2D eigenvalue weighted by Gasteiger charge is -2.28. The van der Waals surface area contributed by atoms with Crippen molar-refractivity contribution in [3.63, 3.8) is 0 Å². The summed E-state index contributed by atoms with van der Waals surface area (Å²) in [5.41, 5.74) is 0. The van der Waals surface area contributed by atoms with Gasteiger partial charge in [-0.05, 0) is 44.3 Å². The monoisotopic (exact) mass is 359 g/mol. The number of hydrogen-bond acceptors (Lipinski definition) is 1. The van der Waals surface area contributed by atoms with E-state index >= 15 is 0 Å². The van der Waals surface area contributed by atoms with Crippen LogP contribution >= 0.6 is 0 Å². The molecule has 0 spiro atoms. The van der Waals surface area contributed by atoms with E-state index in [0.29, 0.717) is 0 Å². The Kier molecular flexibility index (Phi) is 41.4. The predicted molar refractivity (Wildman–Crippen MR) is 123 cm³/mol. The van der Waals surface area contributed by atoms with Crippen molar-refractivity contribution in [1.29, 1.82) is 0 Å². The molecule has 0 unspecified atom stereocenters. The van der Waals surface area contributed by atoms with Crippen molar-refractivity contribution in [2.24, 2.45) is 11.8 Å². The van der Waals surface area contributed by atoms with Gasteiger partial charge in [-0.2, -0.15) is 0 Å². The molecule has 0 amide bonds. The third kappa shape index (κ3) is 32.1. The van der Waals surface area contributed by atoms with E-state index in [1.54, 1.807) is 0 Å². The van der Waals surface area contributed by atoms with Gasteiger partial charge in [-0.3, -0.25) is 0 Å². The molecule has 1 aliphatic heterocycles. The highest BCUT2D eigenvalue weighted by Crippen LogP contribution is 2.14. The fourth-order valence-corrected chi connectivity index (χ4v) is 2.51. The first-order valence-corrected chi connectivity index (χ1v) is 11.8. The van der Waals surface area contributed by atoms with Crippen molar-refractivity contribution in [2.75, 3.05) is 19.6 Å². The molecule has 1 fully saturated rings. The SMILES string of the molecule is CC.CC.CCCC.CCCC(C)CCC.CCN1CCC(C)CC1. The second-order valence-corrected chi connectivity index (χ2v) is 6.80. The maximum atomic E-state index is 2.53. The van der Waals surface area contributed by atoms with Gasteiger partial charge >= 0.3 is 0 Å². The van der Waals surface area contributed by atoms with Crippen LogP contribution in [-0.4, -0.2) is 24.5 Å². The molecule has 0 atom stereocenters. The maximum Gasteiger partial charge on any atom is -0.00163 e. The van der Waals surface area contributed by atoms with Gasteiger partial charge in [-0.15, -0.1) is 0 Å². The van der Waals surface area contributed by atoms with Gasteiger partial charge < -0.3 is 4.90 Å². The summed E-state index contributed by atoms with van der Waals surface area (Å²) >= 11 is 0. The molecule has 158 valence electrons. The van der Waals surface area contributed by atoms with Gasteiger partial charge in [-0.1, -0.05) is 115 Å². The molecule has 25 heavy (non-hydrogen) atoms. The molecule has 0 N–H and O–H groups in total. The van der Waals surface area contributed by atoms with Crippen molar-refractivity contribution in [3.05, 3.63) is 0 Å². The first-order chi connectivity index (χ1) is 12.0. The highest BCUT2D eigenvalue weighted by molar-refractivity contribution is 4.67. The normalized spacial score (nSPS) is 13.9. The number of hydrogen-bond donors (Lipinski definition) is 0. The fourth-order valence-electron chi connectivity index (χ4n) is 2.51. The Balaban J connectivity index is -0.000000126.